The van der Waals surface area contributed by atoms with E-state index in [1.54, 1.807) is 0 Å². The number of thiazole rings is 1. The Kier molecular flexibility index (Phi) is 6.08. The Balaban J connectivity index is 1.68. The van der Waals surface area contributed by atoms with Crippen molar-refractivity contribution in [3.8, 4) is 10.6 Å². The van der Waals surface area contributed by atoms with Crippen molar-refractivity contribution >= 4 is 34.5 Å². The second kappa shape index (κ2) is 9.45. The van der Waals surface area contributed by atoms with E-state index in [-0.39, 0.29) is 20.9 Å². The molecule has 31 heavy (non-hydrogen) atoms. The standard InChI is InChI=1S/C28H21NSSe/c1-5-13-21(14-6-1)25(22-15-7-2-8-16-22)26-28(31-24-19-11-4-12-20-24)30-27(29-26)23-17-9-3-10-18-23/h1-20,25H. The summed E-state index contributed by atoms with van der Waals surface area (Å²) in [7, 11) is 0. The molecule has 0 saturated heterocycles. The van der Waals surface area contributed by atoms with Gasteiger partial charge in [0.2, 0.25) is 0 Å². The summed E-state index contributed by atoms with van der Waals surface area (Å²) < 4.78 is 2.76. The fraction of sp³-hybridized carbons (Fsp3) is 0.0357. The molecular formula is C28H21NSSe. The monoisotopic (exact) mass is 483 g/mol. The summed E-state index contributed by atoms with van der Waals surface area (Å²) in [5.41, 5.74) is 4.93. The summed E-state index contributed by atoms with van der Waals surface area (Å²) in [5, 5.41) is 1.10. The molecule has 1 nitrogen and oxygen atoms in total. The first-order valence-electron chi connectivity index (χ1n) is 10.3. The van der Waals surface area contributed by atoms with E-state index in [9.17, 15) is 0 Å². The fourth-order valence-electron chi connectivity index (χ4n) is 3.67. The molecule has 0 unspecified atom stereocenters. The molecule has 0 aliphatic heterocycles. The molecule has 150 valence electrons. The zero-order valence-electron chi connectivity index (χ0n) is 16.9. The number of aromatic nitrogens is 1. The fourth-order valence-corrected chi connectivity index (χ4v) is 7.44. The Labute approximate surface area is 193 Å². The molecule has 0 N–H and O–H groups in total. The quantitative estimate of drug-likeness (QED) is 0.285. The van der Waals surface area contributed by atoms with Crippen molar-refractivity contribution in [2.75, 3.05) is 0 Å². The normalized spacial score (nSPS) is 11.0. The van der Waals surface area contributed by atoms with E-state index in [0.717, 1.165) is 5.01 Å². The summed E-state index contributed by atoms with van der Waals surface area (Å²) in [4.78, 5) is 5.26. The Morgan fingerprint density at radius 2 is 1.06 bits per heavy atom. The molecule has 0 aliphatic rings. The van der Waals surface area contributed by atoms with Crippen LogP contribution >= 0.6 is 11.3 Å². The summed E-state index contributed by atoms with van der Waals surface area (Å²) in [5.74, 6) is 0.122. The summed E-state index contributed by atoms with van der Waals surface area (Å²) in [6.45, 7) is 0. The van der Waals surface area contributed by atoms with Gasteiger partial charge in [-0.1, -0.05) is 0 Å². The minimum absolute atomic E-state index is 0.122. The van der Waals surface area contributed by atoms with Crippen LogP contribution in [0.15, 0.2) is 121 Å². The van der Waals surface area contributed by atoms with Gasteiger partial charge in [-0.25, -0.2) is 0 Å². The van der Waals surface area contributed by atoms with Crippen LogP contribution in [0.4, 0.5) is 0 Å². The SMILES string of the molecule is c1ccc([Se]c2sc(-c3ccccc3)nc2C(c2ccccc2)c2ccccc2)cc1. The molecule has 0 bridgehead atoms. The van der Waals surface area contributed by atoms with Crippen LogP contribution in [0.1, 0.15) is 22.7 Å². The number of hydrogen-bond donors (Lipinski definition) is 0. The van der Waals surface area contributed by atoms with Crippen LogP contribution in [-0.4, -0.2) is 19.9 Å². The third-order valence-corrected chi connectivity index (χ3v) is 8.90. The van der Waals surface area contributed by atoms with Gasteiger partial charge >= 0.3 is 194 Å². The maximum absolute atomic E-state index is 5.26. The molecule has 1 aromatic heterocycles. The third-order valence-electron chi connectivity index (χ3n) is 5.13. The van der Waals surface area contributed by atoms with E-state index in [1.807, 2.05) is 11.3 Å². The van der Waals surface area contributed by atoms with Crippen LogP contribution in [0.3, 0.4) is 0 Å². The van der Waals surface area contributed by atoms with Crippen LogP contribution < -0.4 is 8.24 Å². The minimum atomic E-state index is 0.122. The zero-order valence-corrected chi connectivity index (χ0v) is 19.4. The molecule has 0 radical (unpaired) electrons. The van der Waals surface area contributed by atoms with E-state index >= 15 is 0 Å². The Bertz CT molecular complexity index is 1200. The molecule has 0 saturated carbocycles. The second-order valence-electron chi connectivity index (χ2n) is 7.23. The van der Waals surface area contributed by atoms with E-state index in [4.69, 9.17) is 4.98 Å². The molecule has 0 amide bonds. The average Bonchev–Trinajstić information content (AvgIpc) is 3.25. The van der Waals surface area contributed by atoms with Crippen molar-refractivity contribution < 1.29 is 0 Å². The molecule has 5 aromatic rings. The molecule has 0 spiro atoms. The average molecular weight is 483 g/mol. The third kappa shape index (κ3) is 4.55. The topological polar surface area (TPSA) is 12.9 Å². The molecule has 0 atom stereocenters. The number of hydrogen-bond acceptors (Lipinski definition) is 2. The van der Waals surface area contributed by atoms with Gasteiger partial charge < -0.3 is 0 Å². The van der Waals surface area contributed by atoms with Crippen LogP contribution in [0.25, 0.3) is 10.6 Å². The van der Waals surface area contributed by atoms with Gasteiger partial charge in [-0.15, -0.1) is 0 Å². The van der Waals surface area contributed by atoms with Crippen LogP contribution in [-0.2, 0) is 0 Å². The van der Waals surface area contributed by atoms with Crippen molar-refractivity contribution in [1.29, 1.82) is 0 Å². The Morgan fingerprint density at radius 3 is 1.61 bits per heavy atom. The van der Waals surface area contributed by atoms with E-state index in [0.29, 0.717) is 0 Å². The van der Waals surface area contributed by atoms with Crippen molar-refractivity contribution in [1.82, 2.24) is 4.98 Å². The zero-order chi connectivity index (χ0) is 20.9. The summed E-state index contributed by atoms with van der Waals surface area (Å²) in [6.07, 6.45) is 0. The molecular weight excluding hydrogens is 461 g/mol. The molecule has 0 fully saturated rings. The van der Waals surface area contributed by atoms with E-state index in [2.05, 4.69) is 121 Å². The van der Waals surface area contributed by atoms with Crippen molar-refractivity contribution in [3.05, 3.63) is 138 Å². The van der Waals surface area contributed by atoms with Gasteiger partial charge in [0.25, 0.3) is 0 Å². The van der Waals surface area contributed by atoms with Gasteiger partial charge in [-0.2, -0.15) is 0 Å². The molecule has 3 heteroatoms. The second-order valence-corrected chi connectivity index (χ2v) is 11.1. The number of nitrogens with zero attached hydrogens (tertiary/aromatic N) is 1. The van der Waals surface area contributed by atoms with Crippen LogP contribution in [0.2, 0.25) is 0 Å². The number of rotatable bonds is 6. The molecule has 4 aromatic carbocycles. The molecule has 1 heterocycles. The first-order chi connectivity index (χ1) is 15.4. The van der Waals surface area contributed by atoms with Gasteiger partial charge in [0.05, 0.1) is 0 Å². The van der Waals surface area contributed by atoms with Gasteiger partial charge in [-0.05, 0) is 0 Å². The van der Waals surface area contributed by atoms with Gasteiger partial charge in [0.15, 0.2) is 0 Å². The first-order valence-corrected chi connectivity index (χ1v) is 12.8. The van der Waals surface area contributed by atoms with Crippen LogP contribution in [0, 0.1) is 0 Å². The van der Waals surface area contributed by atoms with Gasteiger partial charge in [0, 0.05) is 0 Å². The van der Waals surface area contributed by atoms with E-state index < -0.39 is 0 Å². The van der Waals surface area contributed by atoms with E-state index in [1.165, 1.54) is 30.6 Å². The van der Waals surface area contributed by atoms with Crippen molar-refractivity contribution in [3.63, 3.8) is 0 Å². The summed E-state index contributed by atoms with van der Waals surface area (Å²) >= 11 is 2.04. The Morgan fingerprint density at radius 1 is 0.581 bits per heavy atom. The first kappa shape index (κ1) is 20.0. The van der Waals surface area contributed by atoms with Crippen molar-refractivity contribution in [2.24, 2.45) is 0 Å². The Hall–Kier alpha value is -2.97. The molecule has 0 aliphatic carbocycles. The predicted molar refractivity (Wildman–Crippen MR) is 133 cm³/mol. The van der Waals surface area contributed by atoms with Gasteiger partial charge in [-0.3, -0.25) is 0 Å². The summed E-state index contributed by atoms with van der Waals surface area (Å²) in [6, 6.07) is 42.9. The van der Waals surface area contributed by atoms with Gasteiger partial charge in [0.1, 0.15) is 0 Å². The molecule has 5 rings (SSSR count). The number of benzene rings is 4. The maximum atomic E-state index is 5.26. The van der Waals surface area contributed by atoms with Crippen molar-refractivity contribution in [2.45, 2.75) is 5.92 Å². The van der Waals surface area contributed by atoms with Crippen LogP contribution in [0.5, 0.6) is 0 Å². The predicted octanol–water partition coefficient (Wildman–Crippen LogP) is 5.65.